The summed E-state index contributed by atoms with van der Waals surface area (Å²) in [6.45, 7) is 5.88. The van der Waals surface area contributed by atoms with Crippen molar-refractivity contribution in [3.63, 3.8) is 0 Å². The molecule has 0 unspecified atom stereocenters. The van der Waals surface area contributed by atoms with Crippen LogP contribution < -0.4 is 14.8 Å². The fraction of sp³-hybridized carbons (Fsp3) is 0.357. The summed E-state index contributed by atoms with van der Waals surface area (Å²) in [5.74, 6) is 0.585. The number of amides is 1. The number of methoxy groups -OCH3 is 2. The van der Waals surface area contributed by atoms with E-state index in [0.29, 0.717) is 40.9 Å². The molecule has 1 aromatic carbocycles. The van der Waals surface area contributed by atoms with Crippen LogP contribution in [0.15, 0.2) is 70.0 Å². The van der Waals surface area contributed by atoms with Crippen molar-refractivity contribution < 1.29 is 23.8 Å². The van der Waals surface area contributed by atoms with Gasteiger partial charge in [-0.1, -0.05) is 17.8 Å². The molecule has 2 aromatic rings. The summed E-state index contributed by atoms with van der Waals surface area (Å²) in [6.07, 6.45) is 2.19. The van der Waals surface area contributed by atoms with Gasteiger partial charge >= 0.3 is 5.97 Å². The summed E-state index contributed by atoms with van der Waals surface area (Å²) in [5, 5.41) is 5.57. The number of nitrogens with zero attached hydrogens (tertiary/aromatic N) is 3. The first-order valence-electron chi connectivity index (χ1n) is 12.4. The number of pyridine rings is 1. The van der Waals surface area contributed by atoms with E-state index in [1.165, 1.54) is 11.8 Å². The Morgan fingerprint density at radius 1 is 1.13 bits per heavy atom. The van der Waals surface area contributed by atoms with Crippen molar-refractivity contribution >= 4 is 28.8 Å². The Labute approximate surface area is 227 Å². The van der Waals surface area contributed by atoms with Gasteiger partial charge in [0.25, 0.3) is 0 Å². The van der Waals surface area contributed by atoms with Gasteiger partial charge in [0.05, 0.1) is 44.1 Å². The molecule has 1 amide bonds. The minimum atomic E-state index is -0.583. The number of aliphatic imine (C=N–C) groups is 1. The molecule has 38 heavy (non-hydrogen) atoms. The molecule has 200 valence electrons. The van der Waals surface area contributed by atoms with Gasteiger partial charge in [-0.25, -0.2) is 9.79 Å². The van der Waals surface area contributed by atoms with Crippen molar-refractivity contribution in [1.29, 1.82) is 0 Å². The average molecular weight is 537 g/mol. The van der Waals surface area contributed by atoms with E-state index < -0.39 is 12.0 Å². The monoisotopic (exact) mass is 536 g/mol. The smallest absolute Gasteiger partial charge is 0.338 e. The quantitative estimate of drug-likeness (QED) is 0.447. The Hall–Kier alpha value is -3.79. The van der Waals surface area contributed by atoms with Crippen molar-refractivity contribution in [2.75, 3.05) is 20.8 Å². The average Bonchev–Trinajstić information content (AvgIpc) is 3.29. The molecule has 10 heteroatoms. The van der Waals surface area contributed by atoms with E-state index in [-0.39, 0.29) is 18.4 Å². The molecule has 0 saturated carbocycles. The molecule has 3 heterocycles. The zero-order valence-corrected chi connectivity index (χ0v) is 23.0. The number of hydrogen-bond acceptors (Lipinski definition) is 9. The van der Waals surface area contributed by atoms with Crippen molar-refractivity contribution in [1.82, 2.24) is 15.2 Å². The van der Waals surface area contributed by atoms with Crippen LogP contribution in [0.2, 0.25) is 0 Å². The molecule has 1 N–H and O–H groups in total. The van der Waals surface area contributed by atoms with Crippen LogP contribution in [0.1, 0.15) is 44.5 Å². The van der Waals surface area contributed by atoms with Gasteiger partial charge in [-0.2, -0.15) is 0 Å². The van der Waals surface area contributed by atoms with E-state index in [4.69, 9.17) is 19.2 Å². The lowest BCUT2D eigenvalue weighted by Crippen LogP contribution is -2.38. The Balaban J connectivity index is 1.63. The summed E-state index contributed by atoms with van der Waals surface area (Å²) in [7, 11) is 3.15. The largest absolute Gasteiger partial charge is 0.497 e. The number of rotatable bonds is 10. The molecule has 1 aromatic heterocycles. The highest BCUT2D eigenvalue weighted by Crippen LogP contribution is 2.46. The summed E-state index contributed by atoms with van der Waals surface area (Å²) >= 11 is 1.42. The third-order valence-electron chi connectivity index (χ3n) is 6.02. The zero-order valence-electron chi connectivity index (χ0n) is 22.2. The number of amidine groups is 1. The highest BCUT2D eigenvalue weighted by Gasteiger charge is 2.41. The van der Waals surface area contributed by atoms with Crippen LogP contribution >= 0.6 is 11.8 Å². The third-order valence-corrected chi connectivity index (χ3v) is 6.91. The van der Waals surface area contributed by atoms with Crippen LogP contribution in [0.5, 0.6) is 11.5 Å². The molecular formula is C28H32N4O5S. The van der Waals surface area contributed by atoms with Crippen LogP contribution in [0.25, 0.3) is 0 Å². The van der Waals surface area contributed by atoms with Crippen molar-refractivity contribution in [2.45, 2.75) is 45.8 Å². The maximum atomic E-state index is 13.4. The lowest BCUT2D eigenvalue weighted by Gasteiger charge is -2.36. The molecule has 9 nitrogen and oxygen atoms in total. The van der Waals surface area contributed by atoms with Gasteiger partial charge in [0, 0.05) is 36.6 Å². The highest BCUT2D eigenvalue weighted by atomic mass is 32.2. The second-order valence-electron chi connectivity index (χ2n) is 9.09. The molecule has 0 radical (unpaired) electrons. The number of carbonyl (C=O) groups is 2. The van der Waals surface area contributed by atoms with Crippen LogP contribution in [0.3, 0.4) is 0 Å². The standard InChI is InChI=1S/C28H32N4O5S/c1-17(2)37-27(34)25-18(3)31-28-32(26(25)19-12-22(35-4)15-23(13-19)36-5)21(16-38-28)14-24(33)30-11-9-20-8-6-7-10-29-20/h6-8,10,12-13,15-17,26H,9,11,14H2,1-5H3,(H,30,33)/t26-/m0/s1. The number of thioether (sulfide) groups is 1. The lowest BCUT2D eigenvalue weighted by atomic mass is 9.93. The second-order valence-corrected chi connectivity index (χ2v) is 9.93. The number of hydrogen-bond donors (Lipinski definition) is 1. The topological polar surface area (TPSA) is 102 Å². The third kappa shape index (κ3) is 6.19. The number of aromatic nitrogens is 1. The molecule has 0 spiro atoms. The molecule has 2 aliphatic heterocycles. The molecule has 0 aliphatic carbocycles. The first kappa shape index (κ1) is 27.3. The van der Waals surface area contributed by atoms with Crippen LogP contribution in [0, 0.1) is 0 Å². The fourth-order valence-corrected chi connectivity index (χ4v) is 5.28. The fourth-order valence-electron chi connectivity index (χ4n) is 4.31. The minimum absolute atomic E-state index is 0.122. The van der Waals surface area contributed by atoms with Gasteiger partial charge in [0.15, 0.2) is 5.17 Å². The van der Waals surface area contributed by atoms with Crippen LogP contribution in [-0.2, 0) is 20.7 Å². The Bertz CT molecular complexity index is 1270. The maximum Gasteiger partial charge on any atom is 0.338 e. The van der Waals surface area contributed by atoms with Crippen molar-refractivity contribution in [3.8, 4) is 11.5 Å². The van der Waals surface area contributed by atoms with E-state index in [1.807, 2.05) is 40.6 Å². The summed E-state index contributed by atoms with van der Waals surface area (Å²) in [4.78, 5) is 37.2. The number of allylic oxidation sites excluding steroid dienone is 1. The Morgan fingerprint density at radius 2 is 1.87 bits per heavy atom. The highest BCUT2D eigenvalue weighted by molar-refractivity contribution is 8.16. The SMILES string of the molecule is COc1cc(OC)cc([C@H]2C(C(=O)OC(C)C)=C(C)N=C3SC=C(CC(=O)NCCc4ccccn4)N32)c1. The molecule has 0 saturated heterocycles. The van der Waals surface area contributed by atoms with Crippen LogP contribution in [-0.4, -0.2) is 53.8 Å². The van der Waals surface area contributed by atoms with E-state index in [0.717, 1.165) is 17.0 Å². The Morgan fingerprint density at radius 3 is 2.50 bits per heavy atom. The second kappa shape index (κ2) is 12.2. The van der Waals surface area contributed by atoms with Gasteiger partial charge in [0.1, 0.15) is 11.5 Å². The molecule has 0 fully saturated rings. The van der Waals surface area contributed by atoms with Crippen molar-refractivity contribution in [2.24, 2.45) is 4.99 Å². The number of ether oxygens (including phenoxy) is 3. The minimum Gasteiger partial charge on any atom is -0.497 e. The Kier molecular flexibility index (Phi) is 8.73. The summed E-state index contributed by atoms with van der Waals surface area (Å²) < 4.78 is 16.6. The van der Waals surface area contributed by atoms with Gasteiger partial charge in [-0.15, -0.1) is 0 Å². The van der Waals surface area contributed by atoms with Gasteiger partial charge in [-0.05, 0) is 56.0 Å². The first-order valence-corrected chi connectivity index (χ1v) is 13.2. The lowest BCUT2D eigenvalue weighted by molar-refractivity contribution is -0.143. The maximum absolute atomic E-state index is 13.4. The van der Waals surface area contributed by atoms with Crippen molar-refractivity contribution in [3.05, 3.63) is 76.2 Å². The molecule has 0 bridgehead atoms. The number of carbonyl (C=O) groups excluding carboxylic acids is 2. The molecule has 1 atom stereocenters. The number of nitrogens with one attached hydrogen (secondary N) is 1. The molecule has 2 aliphatic rings. The summed E-state index contributed by atoms with van der Waals surface area (Å²) in [5.41, 5.74) is 3.37. The number of esters is 1. The summed E-state index contributed by atoms with van der Waals surface area (Å²) in [6, 6.07) is 10.6. The van der Waals surface area contributed by atoms with E-state index >= 15 is 0 Å². The van der Waals surface area contributed by atoms with E-state index in [9.17, 15) is 9.59 Å². The van der Waals surface area contributed by atoms with E-state index in [2.05, 4.69) is 10.3 Å². The predicted molar refractivity (Wildman–Crippen MR) is 147 cm³/mol. The molecule has 4 rings (SSSR count). The normalized spacial score (nSPS) is 16.6. The first-order chi connectivity index (χ1) is 18.3. The number of fused-ring (bicyclic) bond motifs is 1. The zero-order chi connectivity index (χ0) is 27.2. The van der Waals surface area contributed by atoms with Gasteiger partial charge in [0.2, 0.25) is 5.91 Å². The van der Waals surface area contributed by atoms with Crippen LogP contribution in [0.4, 0.5) is 0 Å². The van der Waals surface area contributed by atoms with Gasteiger partial charge < -0.3 is 24.4 Å². The molecular weight excluding hydrogens is 504 g/mol. The number of benzene rings is 1. The predicted octanol–water partition coefficient (Wildman–Crippen LogP) is 4.37. The van der Waals surface area contributed by atoms with E-state index in [1.54, 1.807) is 47.3 Å². The van der Waals surface area contributed by atoms with Gasteiger partial charge in [-0.3, -0.25) is 9.78 Å².